The first-order chi connectivity index (χ1) is 20.6. The molecular weight excluding hydrogens is 512 g/mol. The topological polar surface area (TPSA) is 15.7 Å². The number of anilines is 6. The standard InChI is InChI=1S/C39H34N2O/c1-29-9-7-13-37(27-29)40(33-11-5-4-6-12-33)34-19-15-31(16-20-34)32-17-21-35(22-18-32)41(38-14-8-10-30(2)28-38)36-23-25-39(42-3)26-24-36/h4-28H,1-3H3. The summed E-state index contributed by atoms with van der Waals surface area (Å²) >= 11 is 0. The number of methoxy groups -OCH3 is 1. The second-order valence-corrected chi connectivity index (χ2v) is 10.5. The Labute approximate surface area is 248 Å². The molecule has 0 radical (unpaired) electrons. The summed E-state index contributed by atoms with van der Waals surface area (Å²) in [7, 11) is 1.69. The number of rotatable bonds is 8. The van der Waals surface area contributed by atoms with Crippen LogP contribution in [0.25, 0.3) is 11.1 Å². The molecule has 0 aliphatic heterocycles. The molecule has 0 unspecified atom stereocenters. The van der Waals surface area contributed by atoms with E-state index in [2.05, 4.69) is 163 Å². The Morgan fingerprint density at radius 1 is 0.381 bits per heavy atom. The Bertz CT molecular complexity index is 1760. The molecule has 0 aliphatic rings. The normalized spacial score (nSPS) is 10.7. The average Bonchev–Trinajstić information content (AvgIpc) is 3.03. The van der Waals surface area contributed by atoms with Crippen LogP contribution in [0, 0.1) is 13.8 Å². The van der Waals surface area contributed by atoms with Gasteiger partial charge in [-0.25, -0.2) is 0 Å². The minimum atomic E-state index is 0.843. The second kappa shape index (κ2) is 12.1. The molecule has 6 rings (SSSR count). The highest BCUT2D eigenvalue weighted by Gasteiger charge is 2.15. The van der Waals surface area contributed by atoms with Crippen LogP contribution in [0.1, 0.15) is 11.1 Å². The van der Waals surface area contributed by atoms with Crippen LogP contribution in [0.2, 0.25) is 0 Å². The van der Waals surface area contributed by atoms with Gasteiger partial charge in [0.25, 0.3) is 0 Å². The number of hydrogen-bond acceptors (Lipinski definition) is 3. The van der Waals surface area contributed by atoms with Crippen molar-refractivity contribution in [1.29, 1.82) is 0 Å². The zero-order chi connectivity index (χ0) is 28.9. The van der Waals surface area contributed by atoms with Crippen molar-refractivity contribution in [3.8, 4) is 16.9 Å². The molecule has 0 N–H and O–H groups in total. The lowest BCUT2D eigenvalue weighted by molar-refractivity contribution is 0.415. The molecule has 0 spiro atoms. The maximum Gasteiger partial charge on any atom is 0.119 e. The molecule has 0 aliphatic carbocycles. The van der Waals surface area contributed by atoms with Gasteiger partial charge in [-0.3, -0.25) is 0 Å². The fraction of sp³-hybridized carbons (Fsp3) is 0.0769. The molecule has 0 aromatic heterocycles. The lowest BCUT2D eigenvalue weighted by Gasteiger charge is -2.26. The van der Waals surface area contributed by atoms with E-state index in [0.29, 0.717) is 0 Å². The highest BCUT2D eigenvalue weighted by molar-refractivity contribution is 5.81. The predicted octanol–water partition coefficient (Wildman–Crippen LogP) is 10.9. The number of para-hydroxylation sites is 1. The molecule has 6 aromatic rings. The minimum absolute atomic E-state index is 0.843. The van der Waals surface area contributed by atoms with Crippen molar-refractivity contribution in [1.82, 2.24) is 0 Å². The van der Waals surface area contributed by atoms with E-state index in [9.17, 15) is 0 Å². The van der Waals surface area contributed by atoms with Gasteiger partial charge in [0.15, 0.2) is 0 Å². The molecule has 0 atom stereocenters. The SMILES string of the molecule is COc1ccc(N(c2ccc(-c3ccc(N(c4ccccc4)c4cccc(C)c4)cc3)cc2)c2cccc(C)c2)cc1. The molecule has 0 amide bonds. The van der Waals surface area contributed by atoms with Crippen molar-refractivity contribution >= 4 is 34.1 Å². The van der Waals surface area contributed by atoms with Crippen molar-refractivity contribution in [2.75, 3.05) is 16.9 Å². The predicted molar refractivity (Wildman–Crippen MR) is 177 cm³/mol. The van der Waals surface area contributed by atoms with Gasteiger partial charge in [0.2, 0.25) is 0 Å². The van der Waals surface area contributed by atoms with Crippen LogP contribution in [0.5, 0.6) is 5.75 Å². The molecule has 3 heteroatoms. The summed E-state index contributed by atoms with van der Waals surface area (Å²) in [5.41, 5.74) is 11.5. The first-order valence-electron chi connectivity index (χ1n) is 14.2. The first-order valence-corrected chi connectivity index (χ1v) is 14.2. The maximum atomic E-state index is 5.40. The van der Waals surface area contributed by atoms with Gasteiger partial charge in [0.1, 0.15) is 5.75 Å². The van der Waals surface area contributed by atoms with Crippen LogP contribution >= 0.6 is 0 Å². The van der Waals surface area contributed by atoms with E-state index >= 15 is 0 Å². The van der Waals surface area contributed by atoms with Crippen LogP contribution in [0.3, 0.4) is 0 Å². The number of ether oxygens (including phenoxy) is 1. The Morgan fingerprint density at radius 2 is 0.762 bits per heavy atom. The Hall–Kier alpha value is -5.28. The Morgan fingerprint density at radius 3 is 1.17 bits per heavy atom. The molecular formula is C39H34N2O. The number of aryl methyl sites for hydroxylation is 2. The third-order valence-electron chi connectivity index (χ3n) is 7.45. The van der Waals surface area contributed by atoms with Crippen LogP contribution in [-0.4, -0.2) is 7.11 Å². The van der Waals surface area contributed by atoms with E-state index in [4.69, 9.17) is 4.74 Å². The molecule has 3 nitrogen and oxygen atoms in total. The number of nitrogens with zero attached hydrogens (tertiary/aromatic N) is 2. The highest BCUT2D eigenvalue weighted by atomic mass is 16.5. The lowest BCUT2D eigenvalue weighted by atomic mass is 10.0. The molecule has 0 saturated heterocycles. The van der Waals surface area contributed by atoms with Crippen LogP contribution in [0.15, 0.2) is 152 Å². The van der Waals surface area contributed by atoms with E-state index in [1.807, 2.05) is 12.1 Å². The summed E-state index contributed by atoms with van der Waals surface area (Å²) in [4.78, 5) is 4.58. The Balaban J connectivity index is 1.32. The molecule has 0 fully saturated rings. The summed E-state index contributed by atoms with van der Waals surface area (Å²) < 4.78 is 5.40. The first kappa shape index (κ1) is 26.9. The van der Waals surface area contributed by atoms with E-state index in [0.717, 1.165) is 39.9 Å². The molecule has 0 bridgehead atoms. The summed E-state index contributed by atoms with van der Waals surface area (Å²) in [6.45, 7) is 4.26. The van der Waals surface area contributed by atoms with Gasteiger partial charge in [-0.15, -0.1) is 0 Å². The summed E-state index contributed by atoms with van der Waals surface area (Å²) in [5, 5.41) is 0. The summed E-state index contributed by atoms with van der Waals surface area (Å²) in [6.07, 6.45) is 0. The minimum Gasteiger partial charge on any atom is -0.497 e. The van der Waals surface area contributed by atoms with E-state index in [1.54, 1.807) is 7.11 Å². The summed E-state index contributed by atoms with van der Waals surface area (Å²) in [6, 6.07) is 53.6. The van der Waals surface area contributed by atoms with Crippen LogP contribution in [-0.2, 0) is 0 Å². The third-order valence-corrected chi connectivity index (χ3v) is 7.45. The molecule has 0 heterocycles. The van der Waals surface area contributed by atoms with Gasteiger partial charge in [-0.1, -0.05) is 66.7 Å². The second-order valence-electron chi connectivity index (χ2n) is 10.5. The van der Waals surface area contributed by atoms with Gasteiger partial charge in [0.05, 0.1) is 7.11 Å². The van der Waals surface area contributed by atoms with Crippen molar-refractivity contribution in [3.63, 3.8) is 0 Å². The smallest absolute Gasteiger partial charge is 0.119 e. The molecule has 206 valence electrons. The van der Waals surface area contributed by atoms with Crippen molar-refractivity contribution < 1.29 is 4.74 Å². The van der Waals surface area contributed by atoms with E-state index in [-0.39, 0.29) is 0 Å². The molecule has 0 saturated carbocycles. The number of benzene rings is 6. The van der Waals surface area contributed by atoms with Gasteiger partial charge in [0, 0.05) is 34.1 Å². The van der Waals surface area contributed by atoms with E-state index < -0.39 is 0 Å². The fourth-order valence-electron chi connectivity index (χ4n) is 5.34. The van der Waals surface area contributed by atoms with Gasteiger partial charge < -0.3 is 14.5 Å². The van der Waals surface area contributed by atoms with Crippen molar-refractivity contribution in [2.45, 2.75) is 13.8 Å². The quantitative estimate of drug-likeness (QED) is 0.189. The van der Waals surface area contributed by atoms with Crippen molar-refractivity contribution in [3.05, 3.63) is 163 Å². The fourth-order valence-corrected chi connectivity index (χ4v) is 5.34. The van der Waals surface area contributed by atoms with Gasteiger partial charge in [-0.05, 0) is 121 Å². The highest BCUT2D eigenvalue weighted by Crippen LogP contribution is 2.38. The maximum absolute atomic E-state index is 5.40. The van der Waals surface area contributed by atoms with Crippen LogP contribution < -0.4 is 14.5 Å². The van der Waals surface area contributed by atoms with Gasteiger partial charge >= 0.3 is 0 Å². The lowest BCUT2D eigenvalue weighted by Crippen LogP contribution is -2.10. The van der Waals surface area contributed by atoms with Gasteiger partial charge in [-0.2, -0.15) is 0 Å². The van der Waals surface area contributed by atoms with Crippen molar-refractivity contribution in [2.24, 2.45) is 0 Å². The zero-order valence-corrected chi connectivity index (χ0v) is 24.2. The molecule has 6 aromatic carbocycles. The van der Waals surface area contributed by atoms with E-state index in [1.165, 1.54) is 22.3 Å². The zero-order valence-electron chi connectivity index (χ0n) is 24.2. The third kappa shape index (κ3) is 5.77. The van der Waals surface area contributed by atoms with Crippen LogP contribution in [0.4, 0.5) is 34.1 Å². The average molecular weight is 547 g/mol. The molecule has 42 heavy (non-hydrogen) atoms. The largest absolute Gasteiger partial charge is 0.497 e. The summed E-state index contributed by atoms with van der Waals surface area (Å²) in [5.74, 6) is 0.843. The number of hydrogen-bond donors (Lipinski definition) is 0. The Kier molecular flexibility index (Phi) is 7.74. The monoisotopic (exact) mass is 546 g/mol.